The highest BCUT2D eigenvalue weighted by molar-refractivity contribution is 7.24. The average Bonchev–Trinajstić information content (AvgIpc) is 3.60. The number of aromatic nitrogens is 6. The Morgan fingerprint density at radius 2 is 1.12 bits per heavy atom. The van der Waals surface area contributed by atoms with Crippen molar-refractivity contribution >= 4 is 36.1 Å². The molecule has 0 spiro atoms. The number of imidazole rings is 2. The zero-order valence-electron chi connectivity index (χ0n) is 17.9. The Hall–Kier alpha value is -2.98. The third kappa shape index (κ3) is 5.63. The van der Waals surface area contributed by atoms with E-state index >= 15 is 0 Å². The van der Waals surface area contributed by atoms with Crippen LogP contribution < -0.4 is 0 Å². The minimum absolute atomic E-state index is 0.800. The maximum Gasteiger partial charge on any atom is 0.152 e. The van der Waals surface area contributed by atoms with Crippen LogP contribution in [0, 0.1) is 0 Å². The van der Waals surface area contributed by atoms with Gasteiger partial charge in [0.15, 0.2) is 10.0 Å². The van der Waals surface area contributed by atoms with E-state index in [-0.39, 0.29) is 0 Å². The van der Waals surface area contributed by atoms with Gasteiger partial charge in [-0.1, -0.05) is 0 Å². The number of hydrogen-bond donors (Lipinski definition) is 2. The van der Waals surface area contributed by atoms with E-state index in [0.717, 1.165) is 94.4 Å². The molecule has 4 rings (SSSR count). The maximum absolute atomic E-state index is 4.59. The minimum Gasteiger partial charge on any atom is -0.341 e. The molecule has 2 N–H and O–H groups in total. The molecule has 0 aliphatic carbocycles. The molecule has 166 valence electrons. The van der Waals surface area contributed by atoms with Gasteiger partial charge in [-0.3, -0.25) is 0 Å². The second-order valence-corrected chi connectivity index (χ2v) is 9.42. The molecule has 4 aromatic heterocycles. The predicted molar refractivity (Wildman–Crippen MR) is 133 cm³/mol. The highest BCUT2D eigenvalue weighted by Gasteiger charge is 2.14. The summed E-state index contributed by atoms with van der Waals surface area (Å²) in [7, 11) is 0. The van der Waals surface area contributed by atoms with Gasteiger partial charge >= 0.3 is 0 Å². The normalized spacial score (nSPS) is 11.1. The van der Waals surface area contributed by atoms with Crippen molar-refractivity contribution < 1.29 is 0 Å². The van der Waals surface area contributed by atoms with Gasteiger partial charge in [0, 0.05) is 38.3 Å². The first-order valence-electron chi connectivity index (χ1n) is 10.6. The monoisotopic (exact) mass is 466 g/mol. The molecule has 0 aliphatic heterocycles. The number of unbranched alkanes of at least 4 members (excludes halogenated alkanes) is 2. The Bertz CT molecular complexity index is 1060. The van der Waals surface area contributed by atoms with Crippen LogP contribution in [0.4, 0.5) is 0 Å². The number of nitrogens with one attached hydrogen (secondary N) is 2. The number of rotatable bonds is 13. The van der Waals surface area contributed by atoms with Gasteiger partial charge in [0.25, 0.3) is 0 Å². The molecule has 8 nitrogen and oxygen atoms in total. The van der Waals surface area contributed by atoms with E-state index in [0.29, 0.717) is 0 Å². The van der Waals surface area contributed by atoms with Gasteiger partial charge in [-0.05, 0) is 39.1 Å². The Kier molecular flexibility index (Phi) is 7.68. The van der Waals surface area contributed by atoms with Crippen molar-refractivity contribution in [2.24, 2.45) is 9.98 Å². The number of aryl methyl sites for hydroxylation is 2. The van der Waals surface area contributed by atoms with E-state index in [9.17, 15) is 0 Å². The Balaban J connectivity index is 1.38. The van der Waals surface area contributed by atoms with Crippen molar-refractivity contribution in [3.63, 3.8) is 0 Å². The van der Waals surface area contributed by atoms with Gasteiger partial charge < -0.3 is 20.0 Å². The van der Waals surface area contributed by atoms with Crippen LogP contribution in [-0.2, 0) is 12.8 Å². The average molecular weight is 467 g/mol. The van der Waals surface area contributed by atoms with E-state index < -0.39 is 0 Å². The summed E-state index contributed by atoms with van der Waals surface area (Å²) in [6.45, 7) is 8.64. The fourth-order valence-electron chi connectivity index (χ4n) is 3.26. The van der Waals surface area contributed by atoms with Crippen LogP contribution in [0.15, 0.2) is 34.8 Å². The molecular weight excluding hydrogens is 440 g/mol. The maximum atomic E-state index is 4.59. The summed E-state index contributed by atoms with van der Waals surface area (Å²) in [4.78, 5) is 34.9. The van der Waals surface area contributed by atoms with E-state index in [2.05, 4.69) is 53.3 Å². The molecule has 0 radical (unpaired) electrons. The van der Waals surface area contributed by atoms with Gasteiger partial charge in [-0.15, -0.1) is 22.7 Å². The molecular formula is C22H26N8S2. The van der Waals surface area contributed by atoms with Crippen LogP contribution in [0.3, 0.4) is 0 Å². The Labute approximate surface area is 195 Å². The quantitative estimate of drug-likeness (QED) is 0.211. The van der Waals surface area contributed by atoms with Gasteiger partial charge in [0.1, 0.15) is 11.6 Å². The lowest BCUT2D eigenvalue weighted by Crippen LogP contribution is -1.90. The van der Waals surface area contributed by atoms with Crippen molar-refractivity contribution in [3.8, 4) is 31.2 Å². The van der Waals surface area contributed by atoms with Crippen molar-refractivity contribution in [3.05, 3.63) is 36.4 Å². The molecule has 0 bridgehead atoms. The summed E-state index contributed by atoms with van der Waals surface area (Å²) >= 11 is 3.23. The standard InChI is InChI=1S/C22H26N8S2/c1-23-9-5-3-7-19-25-11-15(29-19)17-13-27-21(31-17)22-28-14-18(32-22)16-12-26-20(30-16)8-4-6-10-24-2/h11-14H,1-10H2,(H,25,29)(H,26,30). The molecule has 0 amide bonds. The molecule has 32 heavy (non-hydrogen) atoms. The van der Waals surface area contributed by atoms with E-state index in [1.165, 1.54) is 0 Å². The first kappa shape index (κ1) is 22.2. The third-order valence-electron chi connectivity index (χ3n) is 4.94. The van der Waals surface area contributed by atoms with Crippen molar-refractivity contribution in [1.82, 2.24) is 29.9 Å². The SMILES string of the molecule is C=NCCCCc1ncc(-c2cnc(-c3ncc(-c4cnc(CCCCN=C)[nH]4)s3)s2)[nH]1. The third-order valence-corrected chi connectivity index (χ3v) is 7.15. The number of aliphatic imine (C=N–C) groups is 2. The van der Waals surface area contributed by atoms with Crippen molar-refractivity contribution in [2.75, 3.05) is 13.1 Å². The Morgan fingerprint density at radius 3 is 1.56 bits per heavy atom. The fourth-order valence-corrected chi connectivity index (χ4v) is 5.05. The lowest BCUT2D eigenvalue weighted by molar-refractivity contribution is 0.725. The highest BCUT2D eigenvalue weighted by Crippen LogP contribution is 2.36. The minimum atomic E-state index is 0.800. The van der Waals surface area contributed by atoms with Crippen LogP contribution in [0.1, 0.15) is 37.3 Å². The number of aromatic amines is 2. The van der Waals surface area contributed by atoms with Crippen LogP contribution in [-0.4, -0.2) is 56.4 Å². The number of H-pyrrole nitrogens is 2. The smallest absolute Gasteiger partial charge is 0.152 e. The first-order chi connectivity index (χ1) is 15.8. The lowest BCUT2D eigenvalue weighted by atomic mass is 10.2. The summed E-state index contributed by atoms with van der Waals surface area (Å²) < 4.78 is 0. The zero-order valence-corrected chi connectivity index (χ0v) is 19.5. The second kappa shape index (κ2) is 11.1. The molecule has 0 atom stereocenters. The molecule has 0 aromatic carbocycles. The van der Waals surface area contributed by atoms with Crippen molar-refractivity contribution in [1.29, 1.82) is 0 Å². The topological polar surface area (TPSA) is 108 Å². The molecule has 0 saturated carbocycles. The van der Waals surface area contributed by atoms with E-state index in [4.69, 9.17) is 0 Å². The van der Waals surface area contributed by atoms with Gasteiger partial charge in [-0.25, -0.2) is 19.9 Å². The van der Waals surface area contributed by atoms with Crippen LogP contribution in [0.2, 0.25) is 0 Å². The summed E-state index contributed by atoms with van der Waals surface area (Å²) in [6, 6.07) is 0. The number of thiazole rings is 2. The highest BCUT2D eigenvalue weighted by atomic mass is 32.1. The van der Waals surface area contributed by atoms with E-state index in [1.807, 2.05) is 24.8 Å². The van der Waals surface area contributed by atoms with Gasteiger partial charge in [0.2, 0.25) is 0 Å². The van der Waals surface area contributed by atoms with E-state index in [1.54, 1.807) is 22.7 Å². The molecule has 0 unspecified atom stereocenters. The van der Waals surface area contributed by atoms with Crippen LogP contribution >= 0.6 is 22.7 Å². The largest absolute Gasteiger partial charge is 0.341 e. The second-order valence-electron chi connectivity index (χ2n) is 7.36. The van der Waals surface area contributed by atoms with Crippen molar-refractivity contribution in [2.45, 2.75) is 38.5 Å². The first-order valence-corrected chi connectivity index (χ1v) is 12.3. The molecule has 0 fully saturated rings. The fraction of sp³-hybridized carbons (Fsp3) is 0.364. The number of hydrogen-bond acceptors (Lipinski definition) is 8. The van der Waals surface area contributed by atoms with Crippen LogP contribution in [0.5, 0.6) is 0 Å². The summed E-state index contributed by atoms with van der Waals surface area (Å²) in [6.07, 6.45) is 13.5. The Morgan fingerprint density at radius 1 is 0.656 bits per heavy atom. The lowest BCUT2D eigenvalue weighted by Gasteiger charge is -1.95. The van der Waals surface area contributed by atoms with Gasteiger partial charge in [-0.2, -0.15) is 0 Å². The summed E-state index contributed by atoms with van der Waals surface area (Å²) in [5.41, 5.74) is 1.99. The van der Waals surface area contributed by atoms with Gasteiger partial charge in [0.05, 0.1) is 33.5 Å². The molecule has 4 aromatic rings. The summed E-state index contributed by atoms with van der Waals surface area (Å²) in [5.74, 6) is 1.98. The zero-order chi connectivity index (χ0) is 22.2. The van der Waals surface area contributed by atoms with Crippen LogP contribution in [0.25, 0.3) is 31.2 Å². The molecule has 10 heteroatoms. The predicted octanol–water partition coefficient (Wildman–Crippen LogP) is 5.09. The number of nitrogens with zero attached hydrogens (tertiary/aromatic N) is 6. The molecule has 0 saturated heterocycles. The molecule has 4 heterocycles. The molecule has 0 aliphatic rings. The summed E-state index contributed by atoms with van der Waals surface area (Å²) in [5, 5.41) is 1.81.